The molecule has 0 bridgehead atoms. The molecule has 1 aromatic heterocycles. The number of carbonyl (C=O) groups excluding carboxylic acids is 1. The lowest BCUT2D eigenvalue weighted by Crippen LogP contribution is -2.49. The van der Waals surface area contributed by atoms with Crippen LogP contribution in [0.1, 0.15) is 55.8 Å². The van der Waals surface area contributed by atoms with E-state index in [0.29, 0.717) is 11.8 Å². The van der Waals surface area contributed by atoms with Gasteiger partial charge in [-0.15, -0.1) is 11.3 Å². The highest BCUT2D eigenvalue weighted by Gasteiger charge is 2.48. The Labute approximate surface area is 166 Å². The summed E-state index contributed by atoms with van der Waals surface area (Å²) in [7, 11) is 0. The van der Waals surface area contributed by atoms with E-state index in [1.165, 1.54) is 11.1 Å². The lowest BCUT2D eigenvalue weighted by Gasteiger charge is -2.39. The zero-order chi connectivity index (χ0) is 18.9. The third kappa shape index (κ3) is 3.94. The molecule has 1 spiro atoms. The summed E-state index contributed by atoms with van der Waals surface area (Å²) in [6.07, 6.45) is 3.13. The van der Waals surface area contributed by atoms with Gasteiger partial charge in [0, 0.05) is 31.6 Å². The van der Waals surface area contributed by atoms with Gasteiger partial charge in [0.15, 0.2) is 0 Å². The van der Waals surface area contributed by atoms with Crippen molar-refractivity contribution in [3.05, 3.63) is 52.0 Å². The average Bonchev–Trinajstić information content (AvgIpc) is 3.31. The highest BCUT2D eigenvalue weighted by molar-refractivity contribution is 7.07. The smallest absolute Gasteiger partial charge is 0.230 e. The monoisotopic (exact) mass is 383 g/mol. The lowest BCUT2D eigenvalue weighted by molar-refractivity contribution is -0.146. The Morgan fingerprint density at radius 1 is 1.15 bits per heavy atom. The Morgan fingerprint density at radius 3 is 2.67 bits per heavy atom. The Hall–Kier alpha value is -1.72. The quantitative estimate of drug-likeness (QED) is 0.773. The zero-order valence-corrected chi connectivity index (χ0v) is 17.2. The number of benzene rings is 1. The summed E-state index contributed by atoms with van der Waals surface area (Å²) in [6.45, 7) is 8.81. The molecule has 2 aromatic rings. The molecule has 144 valence electrons. The number of rotatable bonds is 5. The fraction of sp³-hybridized carbons (Fsp3) is 0.545. The van der Waals surface area contributed by atoms with Gasteiger partial charge in [-0.2, -0.15) is 0 Å². The number of carbonyl (C=O) groups is 1. The van der Waals surface area contributed by atoms with Crippen molar-refractivity contribution in [2.24, 2.45) is 5.41 Å². The van der Waals surface area contributed by atoms with E-state index in [9.17, 15) is 4.79 Å². The molecule has 3 heterocycles. The molecule has 1 amide bonds. The van der Waals surface area contributed by atoms with E-state index in [-0.39, 0.29) is 5.41 Å². The van der Waals surface area contributed by atoms with Crippen LogP contribution in [0.15, 0.2) is 35.2 Å². The third-order valence-corrected chi connectivity index (χ3v) is 6.78. The second-order valence-corrected chi connectivity index (χ2v) is 9.17. The van der Waals surface area contributed by atoms with E-state index in [2.05, 4.69) is 58.3 Å². The SMILES string of the molecule is CC(C)c1ccc(CN2CCC[C@]3(CCN(Cc4cscn4)C3)C2=O)cc1. The van der Waals surface area contributed by atoms with Crippen LogP contribution in [-0.2, 0) is 17.9 Å². The summed E-state index contributed by atoms with van der Waals surface area (Å²) in [5, 5.41) is 2.11. The highest BCUT2D eigenvalue weighted by Crippen LogP contribution is 2.41. The van der Waals surface area contributed by atoms with Crippen LogP contribution in [0.3, 0.4) is 0 Å². The van der Waals surface area contributed by atoms with Crippen molar-refractivity contribution in [2.75, 3.05) is 19.6 Å². The molecule has 0 N–H and O–H groups in total. The van der Waals surface area contributed by atoms with E-state index in [1.54, 1.807) is 11.3 Å². The maximum Gasteiger partial charge on any atom is 0.230 e. The van der Waals surface area contributed by atoms with Gasteiger partial charge in [0.25, 0.3) is 0 Å². The number of thiazole rings is 1. The van der Waals surface area contributed by atoms with Gasteiger partial charge in [-0.25, -0.2) is 4.98 Å². The molecule has 2 fully saturated rings. The standard InChI is InChI=1S/C22H29N3OS/c1-17(2)19-6-4-18(5-7-19)12-25-10-3-8-22(21(25)26)9-11-24(15-22)13-20-14-27-16-23-20/h4-7,14,16-17H,3,8-13,15H2,1-2H3/t22-/m1/s1. The van der Waals surface area contributed by atoms with Crippen LogP contribution in [0.25, 0.3) is 0 Å². The Balaban J connectivity index is 1.41. The first-order valence-electron chi connectivity index (χ1n) is 10.0. The fourth-order valence-electron chi connectivity index (χ4n) is 4.55. The largest absolute Gasteiger partial charge is 0.338 e. The van der Waals surface area contributed by atoms with Crippen molar-refractivity contribution in [1.82, 2.24) is 14.8 Å². The summed E-state index contributed by atoms with van der Waals surface area (Å²) in [4.78, 5) is 22.3. The molecule has 1 aromatic carbocycles. The predicted octanol–water partition coefficient (Wildman–Crippen LogP) is 4.28. The minimum Gasteiger partial charge on any atom is -0.338 e. The van der Waals surface area contributed by atoms with Crippen molar-refractivity contribution < 1.29 is 4.79 Å². The van der Waals surface area contributed by atoms with Gasteiger partial charge in [0.05, 0.1) is 16.6 Å². The molecule has 2 saturated heterocycles. The number of hydrogen-bond acceptors (Lipinski definition) is 4. The maximum absolute atomic E-state index is 13.4. The summed E-state index contributed by atoms with van der Waals surface area (Å²) >= 11 is 1.64. The van der Waals surface area contributed by atoms with Crippen molar-refractivity contribution in [2.45, 2.75) is 52.1 Å². The maximum atomic E-state index is 13.4. The summed E-state index contributed by atoms with van der Waals surface area (Å²) < 4.78 is 0. The van der Waals surface area contributed by atoms with Gasteiger partial charge in [-0.05, 0) is 42.9 Å². The van der Waals surface area contributed by atoms with E-state index in [4.69, 9.17) is 0 Å². The second-order valence-electron chi connectivity index (χ2n) is 8.45. The first-order chi connectivity index (χ1) is 13.1. The molecule has 4 rings (SSSR count). The number of nitrogens with zero attached hydrogens (tertiary/aromatic N) is 3. The van der Waals surface area contributed by atoms with E-state index in [0.717, 1.165) is 57.7 Å². The lowest BCUT2D eigenvalue weighted by atomic mass is 9.78. The summed E-state index contributed by atoms with van der Waals surface area (Å²) in [6, 6.07) is 8.78. The Bertz CT molecular complexity index is 771. The summed E-state index contributed by atoms with van der Waals surface area (Å²) in [5.74, 6) is 0.906. The minimum atomic E-state index is -0.174. The normalized spacial score (nSPS) is 23.7. The number of piperidine rings is 1. The number of aromatic nitrogens is 1. The van der Waals surface area contributed by atoms with Crippen LogP contribution < -0.4 is 0 Å². The Morgan fingerprint density at radius 2 is 1.96 bits per heavy atom. The molecule has 2 aliphatic heterocycles. The van der Waals surface area contributed by atoms with Crippen LogP contribution >= 0.6 is 11.3 Å². The third-order valence-electron chi connectivity index (χ3n) is 6.15. The van der Waals surface area contributed by atoms with Crippen molar-refractivity contribution in [1.29, 1.82) is 0 Å². The number of amides is 1. The topological polar surface area (TPSA) is 36.4 Å². The molecule has 4 nitrogen and oxygen atoms in total. The van der Waals surface area contributed by atoms with Crippen LogP contribution in [0, 0.1) is 5.41 Å². The number of hydrogen-bond donors (Lipinski definition) is 0. The summed E-state index contributed by atoms with van der Waals surface area (Å²) in [5.41, 5.74) is 5.43. The van der Waals surface area contributed by atoms with Crippen molar-refractivity contribution in [3.63, 3.8) is 0 Å². The van der Waals surface area contributed by atoms with E-state index < -0.39 is 0 Å². The van der Waals surface area contributed by atoms with Crippen LogP contribution in [0.2, 0.25) is 0 Å². The first-order valence-corrected chi connectivity index (χ1v) is 11.0. The molecule has 5 heteroatoms. The molecule has 0 aliphatic carbocycles. The zero-order valence-electron chi connectivity index (χ0n) is 16.4. The highest BCUT2D eigenvalue weighted by atomic mass is 32.1. The van der Waals surface area contributed by atoms with Crippen LogP contribution in [0.4, 0.5) is 0 Å². The number of likely N-dealkylation sites (tertiary alicyclic amines) is 2. The van der Waals surface area contributed by atoms with Gasteiger partial charge in [-0.3, -0.25) is 9.69 Å². The van der Waals surface area contributed by atoms with Crippen molar-refractivity contribution >= 4 is 17.2 Å². The van der Waals surface area contributed by atoms with Crippen LogP contribution in [0.5, 0.6) is 0 Å². The Kier molecular flexibility index (Phi) is 5.33. The first kappa shape index (κ1) is 18.6. The molecule has 0 radical (unpaired) electrons. The fourth-order valence-corrected chi connectivity index (χ4v) is 5.10. The van der Waals surface area contributed by atoms with Crippen LogP contribution in [-0.4, -0.2) is 40.3 Å². The van der Waals surface area contributed by atoms with Gasteiger partial charge >= 0.3 is 0 Å². The van der Waals surface area contributed by atoms with Gasteiger partial charge < -0.3 is 4.90 Å². The van der Waals surface area contributed by atoms with Gasteiger partial charge in [-0.1, -0.05) is 38.1 Å². The molecular weight excluding hydrogens is 354 g/mol. The molecule has 0 unspecified atom stereocenters. The van der Waals surface area contributed by atoms with E-state index in [1.807, 2.05) is 5.51 Å². The molecule has 1 atom stereocenters. The van der Waals surface area contributed by atoms with Crippen molar-refractivity contribution in [3.8, 4) is 0 Å². The second kappa shape index (κ2) is 7.72. The molecular formula is C22H29N3OS. The minimum absolute atomic E-state index is 0.174. The van der Waals surface area contributed by atoms with Gasteiger partial charge in [0.2, 0.25) is 5.91 Å². The van der Waals surface area contributed by atoms with E-state index >= 15 is 0 Å². The predicted molar refractivity (Wildman–Crippen MR) is 110 cm³/mol. The molecule has 2 aliphatic rings. The molecule has 27 heavy (non-hydrogen) atoms. The molecule has 0 saturated carbocycles. The van der Waals surface area contributed by atoms with Gasteiger partial charge in [0.1, 0.15) is 0 Å². The average molecular weight is 384 g/mol.